The second-order valence-electron chi connectivity index (χ2n) is 8.11. The van der Waals surface area contributed by atoms with Crippen molar-refractivity contribution in [2.75, 3.05) is 39.1 Å². The number of nitrogens with zero attached hydrogens (tertiary/aromatic N) is 4. The number of hydrogen-bond acceptors (Lipinski definition) is 7. The van der Waals surface area contributed by atoms with Crippen molar-refractivity contribution in [3.8, 4) is 5.75 Å². The molecule has 0 unspecified atom stereocenters. The van der Waals surface area contributed by atoms with Gasteiger partial charge in [-0.2, -0.15) is 0 Å². The first-order valence-corrected chi connectivity index (χ1v) is 10.2. The predicted molar refractivity (Wildman–Crippen MR) is 116 cm³/mol. The number of aromatic nitrogens is 2. The minimum atomic E-state index is -0.447. The lowest BCUT2D eigenvalue weighted by molar-refractivity contribution is 0.0365. The Balaban J connectivity index is 2.04. The fraction of sp³-hybridized carbons (Fsp3) is 0.455. The van der Waals surface area contributed by atoms with Gasteiger partial charge in [-0.1, -0.05) is 13.0 Å². The van der Waals surface area contributed by atoms with Crippen molar-refractivity contribution in [1.82, 2.24) is 19.8 Å². The van der Waals surface area contributed by atoms with Crippen molar-refractivity contribution in [3.05, 3.63) is 48.0 Å². The van der Waals surface area contributed by atoms with E-state index < -0.39 is 5.91 Å². The summed E-state index contributed by atoms with van der Waals surface area (Å²) in [6.45, 7) is 4.77. The van der Waals surface area contributed by atoms with Gasteiger partial charge in [-0.25, -0.2) is 4.98 Å². The number of amides is 2. The number of carbonyl (C=O) groups excluding carboxylic acids is 2. The van der Waals surface area contributed by atoms with Gasteiger partial charge in [0.15, 0.2) is 5.75 Å². The molecule has 2 amide bonds. The molecule has 0 spiro atoms. The summed E-state index contributed by atoms with van der Waals surface area (Å²) in [7, 11) is 3.91. The van der Waals surface area contributed by atoms with Crippen LogP contribution in [0, 0.1) is 5.92 Å². The summed E-state index contributed by atoms with van der Waals surface area (Å²) < 4.78 is 6.36. The van der Waals surface area contributed by atoms with E-state index >= 15 is 0 Å². The van der Waals surface area contributed by atoms with Gasteiger partial charge in [0, 0.05) is 31.4 Å². The average Bonchev–Trinajstić information content (AvgIpc) is 2.76. The number of carbonyl (C=O) groups is 2. The minimum Gasteiger partial charge on any atom is -0.486 e. The highest BCUT2D eigenvalue weighted by atomic mass is 16.5. The molecule has 0 radical (unpaired) electrons. The first-order valence-electron chi connectivity index (χ1n) is 10.2. The summed E-state index contributed by atoms with van der Waals surface area (Å²) >= 11 is 0. The van der Waals surface area contributed by atoms with Gasteiger partial charge in [0.2, 0.25) is 0 Å². The first kappa shape index (κ1) is 22.6. The van der Waals surface area contributed by atoms with Crippen molar-refractivity contribution in [2.45, 2.75) is 26.0 Å². The summed E-state index contributed by atoms with van der Waals surface area (Å²) in [6, 6.07) is 4.72. The molecule has 9 heteroatoms. The number of nitrogens with one attached hydrogen (secondary N) is 1. The van der Waals surface area contributed by atoms with Crippen LogP contribution in [0.1, 0.15) is 34.7 Å². The summed E-state index contributed by atoms with van der Waals surface area (Å²) in [5.74, 6) is -0.379. The van der Waals surface area contributed by atoms with Crippen LogP contribution in [0.4, 0.5) is 5.69 Å². The standard InChI is InChI=1S/C22H29N5O4/c1-14-11-27(15(2)13-28)22(30)16-6-5-7-17(20(16)31-19(14)12-26(3)4)25-21(29)18-10-23-8-9-24-18/h5-10,14-15,19,28H,11-13H2,1-4H3,(H,25,29)/t14-,15-,19-/m0/s1. The molecule has 1 aromatic carbocycles. The molecule has 9 nitrogen and oxygen atoms in total. The van der Waals surface area contributed by atoms with Crippen LogP contribution in [0.5, 0.6) is 5.75 Å². The molecule has 3 rings (SSSR count). The number of rotatable bonds is 6. The number of fused-ring (bicyclic) bond motifs is 1. The summed E-state index contributed by atoms with van der Waals surface area (Å²) in [6.07, 6.45) is 4.06. The van der Waals surface area contributed by atoms with E-state index in [-0.39, 0.29) is 36.3 Å². The molecule has 1 aliphatic rings. The normalized spacial score (nSPS) is 19.8. The maximum Gasteiger partial charge on any atom is 0.275 e. The lowest BCUT2D eigenvalue weighted by Crippen LogP contribution is -2.49. The monoisotopic (exact) mass is 427 g/mol. The van der Waals surface area contributed by atoms with Crippen molar-refractivity contribution in [1.29, 1.82) is 0 Å². The van der Waals surface area contributed by atoms with E-state index in [9.17, 15) is 14.7 Å². The van der Waals surface area contributed by atoms with Crippen LogP contribution < -0.4 is 10.1 Å². The zero-order valence-corrected chi connectivity index (χ0v) is 18.3. The second-order valence-corrected chi connectivity index (χ2v) is 8.11. The molecule has 0 aliphatic carbocycles. The van der Waals surface area contributed by atoms with E-state index in [4.69, 9.17) is 4.74 Å². The Morgan fingerprint density at radius 2 is 2.16 bits per heavy atom. The molecular weight excluding hydrogens is 398 g/mol. The molecule has 0 saturated carbocycles. The van der Waals surface area contributed by atoms with Crippen molar-refractivity contribution in [3.63, 3.8) is 0 Å². The van der Waals surface area contributed by atoms with Gasteiger partial charge in [-0.05, 0) is 33.2 Å². The molecule has 2 N–H and O–H groups in total. The predicted octanol–water partition coefficient (Wildman–Crippen LogP) is 1.51. The number of likely N-dealkylation sites (N-methyl/N-ethyl adjacent to an activating group) is 1. The highest BCUT2D eigenvalue weighted by Gasteiger charge is 2.34. The van der Waals surface area contributed by atoms with Crippen LogP contribution >= 0.6 is 0 Å². The van der Waals surface area contributed by atoms with E-state index in [0.29, 0.717) is 30.1 Å². The lowest BCUT2D eigenvalue weighted by Gasteiger charge is -2.38. The average molecular weight is 428 g/mol. The lowest BCUT2D eigenvalue weighted by atomic mass is 9.99. The van der Waals surface area contributed by atoms with E-state index in [0.717, 1.165) is 0 Å². The van der Waals surface area contributed by atoms with Crippen LogP contribution in [-0.2, 0) is 0 Å². The van der Waals surface area contributed by atoms with Crippen LogP contribution in [0.3, 0.4) is 0 Å². The highest BCUT2D eigenvalue weighted by molar-refractivity contribution is 6.06. The molecule has 3 atom stereocenters. The first-order chi connectivity index (χ1) is 14.8. The minimum absolute atomic E-state index is 0.00255. The zero-order chi connectivity index (χ0) is 22.5. The maximum absolute atomic E-state index is 13.4. The Kier molecular flexibility index (Phi) is 7.19. The topological polar surface area (TPSA) is 108 Å². The molecule has 0 saturated heterocycles. The molecule has 31 heavy (non-hydrogen) atoms. The SMILES string of the molecule is C[C@H]1CN([C@@H](C)CO)C(=O)c2cccc(NC(=O)c3cnccn3)c2O[C@H]1CN(C)C. The second kappa shape index (κ2) is 9.84. The van der Waals surface area contributed by atoms with E-state index in [1.165, 1.54) is 18.6 Å². The van der Waals surface area contributed by atoms with Crippen LogP contribution in [0.2, 0.25) is 0 Å². The van der Waals surface area contributed by atoms with Crippen molar-refractivity contribution in [2.24, 2.45) is 5.92 Å². The molecule has 1 aromatic heterocycles. The Morgan fingerprint density at radius 3 is 2.81 bits per heavy atom. The van der Waals surface area contributed by atoms with Gasteiger partial charge in [-0.15, -0.1) is 0 Å². The summed E-state index contributed by atoms with van der Waals surface area (Å²) in [5, 5.41) is 12.5. The third-order valence-electron chi connectivity index (χ3n) is 5.28. The molecule has 2 aromatic rings. The number of anilines is 1. The Bertz CT molecular complexity index is 921. The third-order valence-corrected chi connectivity index (χ3v) is 5.28. The Labute approximate surface area is 182 Å². The summed E-state index contributed by atoms with van der Waals surface area (Å²) in [5.41, 5.74) is 0.884. The van der Waals surface area contributed by atoms with Gasteiger partial charge in [-0.3, -0.25) is 14.6 Å². The van der Waals surface area contributed by atoms with Gasteiger partial charge >= 0.3 is 0 Å². The number of aliphatic hydroxyl groups is 1. The highest BCUT2D eigenvalue weighted by Crippen LogP contribution is 2.35. The molecule has 1 aliphatic heterocycles. The van der Waals surface area contributed by atoms with Crippen LogP contribution in [0.15, 0.2) is 36.8 Å². The van der Waals surface area contributed by atoms with E-state index in [1.54, 1.807) is 23.1 Å². The van der Waals surface area contributed by atoms with Crippen LogP contribution in [-0.4, -0.2) is 82.6 Å². The molecule has 0 bridgehead atoms. The number of ether oxygens (including phenoxy) is 1. The van der Waals surface area contributed by atoms with Gasteiger partial charge in [0.1, 0.15) is 11.8 Å². The van der Waals surface area contributed by atoms with Gasteiger partial charge < -0.3 is 25.0 Å². The number of aliphatic hydroxyl groups excluding tert-OH is 1. The zero-order valence-electron chi connectivity index (χ0n) is 18.3. The van der Waals surface area contributed by atoms with Crippen molar-refractivity contribution < 1.29 is 19.4 Å². The third kappa shape index (κ3) is 5.18. The Morgan fingerprint density at radius 1 is 1.39 bits per heavy atom. The molecule has 2 heterocycles. The molecule has 0 fully saturated rings. The fourth-order valence-electron chi connectivity index (χ4n) is 3.52. The van der Waals surface area contributed by atoms with E-state index in [1.807, 2.05) is 32.8 Å². The number of hydrogen-bond donors (Lipinski definition) is 2. The largest absolute Gasteiger partial charge is 0.486 e. The Hall–Kier alpha value is -3.04. The quantitative estimate of drug-likeness (QED) is 0.719. The fourth-order valence-corrected chi connectivity index (χ4v) is 3.52. The number of benzene rings is 1. The molecular formula is C22H29N5O4. The van der Waals surface area contributed by atoms with E-state index in [2.05, 4.69) is 15.3 Å². The van der Waals surface area contributed by atoms with Gasteiger partial charge in [0.25, 0.3) is 11.8 Å². The molecule has 166 valence electrons. The van der Waals surface area contributed by atoms with Crippen LogP contribution in [0.25, 0.3) is 0 Å². The number of para-hydroxylation sites is 1. The summed E-state index contributed by atoms with van der Waals surface area (Å²) in [4.78, 5) is 37.7. The van der Waals surface area contributed by atoms with Gasteiger partial charge in [0.05, 0.1) is 30.1 Å². The van der Waals surface area contributed by atoms with Crippen molar-refractivity contribution >= 4 is 17.5 Å². The smallest absolute Gasteiger partial charge is 0.275 e. The maximum atomic E-state index is 13.4.